The summed E-state index contributed by atoms with van der Waals surface area (Å²) in [6.07, 6.45) is 2.12. The molecule has 1 atom stereocenters. The maximum Gasteiger partial charge on any atom is 0.266 e. The number of piperidine rings is 1. The quantitative estimate of drug-likeness (QED) is 0.804. The standard InChI is InChI=1S/C12H20N4O2/c1-18-8-7-16-12(17)5-4-11(14-16)15-6-2-3-10(13)9-15/h4-5,10H,2-3,6-9,13H2,1H3. The number of methoxy groups -OCH3 is 1. The van der Waals surface area contributed by atoms with Crippen molar-refractivity contribution in [3.05, 3.63) is 22.5 Å². The monoisotopic (exact) mass is 252 g/mol. The van der Waals surface area contributed by atoms with E-state index >= 15 is 0 Å². The molecule has 6 nitrogen and oxygen atoms in total. The number of ether oxygens (including phenoxy) is 1. The van der Waals surface area contributed by atoms with Crippen molar-refractivity contribution in [3.63, 3.8) is 0 Å². The molecule has 6 heteroatoms. The fourth-order valence-corrected chi connectivity index (χ4v) is 2.16. The SMILES string of the molecule is COCCn1nc(N2CCCC(N)C2)ccc1=O. The Morgan fingerprint density at radius 3 is 3.11 bits per heavy atom. The largest absolute Gasteiger partial charge is 0.383 e. The summed E-state index contributed by atoms with van der Waals surface area (Å²) in [7, 11) is 1.61. The van der Waals surface area contributed by atoms with Crippen LogP contribution in [0.1, 0.15) is 12.8 Å². The summed E-state index contributed by atoms with van der Waals surface area (Å²) in [5.74, 6) is 0.820. The molecule has 0 spiro atoms. The minimum absolute atomic E-state index is 0.0999. The van der Waals surface area contributed by atoms with Gasteiger partial charge in [-0.2, -0.15) is 5.10 Å². The normalized spacial score (nSPS) is 20.1. The lowest BCUT2D eigenvalue weighted by Gasteiger charge is -2.31. The number of nitrogens with two attached hydrogens (primary N) is 1. The maximum atomic E-state index is 11.6. The van der Waals surface area contributed by atoms with E-state index < -0.39 is 0 Å². The molecule has 1 aromatic heterocycles. The lowest BCUT2D eigenvalue weighted by Crippen LogP contribution is -2.43. The Labute approximate surface area is 106 Å². The van der Waals surface area contributed by atoms with Crippen molar-refractivity contribution in [1.82, 2.24) is 9.78 Å². The van der Waals surface area contributed by atoms with Gasteiger partial charge in [0.1, 0.15) is 5.82 Å². The molecule has 2 rings (SSSR count). The first kappa shape index (κ1) is 13.0. The summed E-state index contributed by atoms with van der Waals surface area (Å²) in [6, 6.07) is 3.52. The van der Waals surface area contributed by atoms with E-state index in [4.69, 9.17) is 10.5 Å². The molecule has 1 unspecified atom stereocenters. The predicted molar refractivity (Wildman–Crippen MR) is 69.8 cm³/mol. The third kappa shape index (κ3) is 3.08. The van der Waals surface area contributed by atoms with E-state index in [0.717, 1.165) is 31.7 Å². The first-order valence-corrected chi connectivity index (χ1v) is 6.28. The fraction of sp³-hybridized carbons (Fsp3) is 0.667. The van der Waals surface area contributed by atoms with Crippen LogP contribution in [0.4, 0.5) is 5.82 Å². The summed E-state index contributed by atoms with van der Waals surface area (Å²) in [5, 5.41) is 4.36. The number of hydrogen-bond donors (Lipinski definition) is 1. The van der Waals surface area contributed by atoms with E-state index in [0.29, 0.717) is 13.2 Å². The molecule has 0 bridgehead atoms. The molecule has 2 N–H and O–H groups in total. The third-order valence-corrected chi connectivity index (χ3v) is 3.14. The Hall–Kier alpha value is -1.40. The molecule has 1 fully saturated rings. The van der Waals surface area contributed by atoms with E-state index in [1.807, 2.05) is 0 Å². The van der Waals surface area contributed by atoms with Crippen molar-refractivity contribution < 1.29 is 4.74 Å². The van der Waals surface area contributed by atoms with Crippen LogP contribution in [0.15, 0.2) is 16.9 Å². The van der Waals surface area contributed by atoms with Crippen LogP contribution in [0.25, 0.3) is 0 Å². The van der Waals surface area contributed by atoms with Crippen LogP contribution in [-0.4, -0.2) is 42.6 Å². The number of hydrogen-bond acceptors (Lipinski definition) is 5. The first-order chi connectivity index (χ1) is 8.70. The molecule has 0 saturated carbocycles. The Bertz CT molecular complexity index is 446. The molecule has 0 aliphatic carbocycles. The van der Waals surface area contributed by atoms with Crippen molar-refractivity contribution in [1.29, 1.82) is 0 Å². The Morgan fingerprint density at radius 1 is 1.56 bits per heavy atom. The van der Waals surface area contributed by atoms with Crippen LogP contribution in [0, 0.1) is 0 Å². The van der Waals surface area contributed by atoms with Gasteiger partial charge in [0.05, 0.1) is 13.2 Å². The minimum atomic E-state index is -0.0999. The van der Waals surface area contributed by atoms with Gasteiger partial charge in [-0.15, -0.1) is 0 Å². The van der Waals surface area contributed by atoms with Gasteiger partial charge in [-0.3, -0.25) is 4.79 Å². The molecule has 1 aliphatic rings. The second-order valence-corrected chi connectivity index (χ2v) is 4.59. The van der Waals surface area contributed by atoms with Gasteiger partial charge in [0.15, 0.2) is 0 Å². The molecule has 18 heavy (non-hydrogen) atoms. The second-order valence-electron chi connectivity index (χ2n) is 4.59. The Balaban J connectivity index is 2.15. The summed E-state index contributed by atoms with van der Waals surface area (Å²) in [4.78, 5) is 13.8. The van der Waals surface area contributed by atoms with Gasteiger partial charge < -0.3 is 15.4 Å². The van der Waals surface area contributed by atoms with E-state index in [-0.39, 0.29) is 11.6 Å². The molecule has 0 amide bonds. The highest BCUT2D eigenvalue weighted by molar-refractivity contribution is 5.37. The van der Waals surface area contributed by atoms with Gasteiger partial charge in [-0.25, -0.2) is 4.68 Å². The van der Waals surface area contributed by atoms with Gasteiger partial charge in [0.25, 0.3) is 5.56 Å². The van der Waals surface area contributed by atoms with E-state index in [9.17, 15) is 4.79 Å². The molecule has 0 aromatic carbocycles. The van der Waals surface area contributed by atoms with Crippen LogP contribution >= 0.6 is 0 Å². The van der Waals surface area contributed by atoms with Crippen molar-refractivity contribution in [2.45, 2.75) is 25.4 Å². The van der Waals surface area contributed by atoms with Crippen LogP contribution in [0.5, 0.6) is 0 Å². The molecular formula is C12H20N4O2. The van der Waals surface area contributed by atoms with Gasteiger partial charge >= 0.3 is 0 Å². The number of anilines is 1. The smallest absolute Gasteiger partial charge is 0.266 e. The zero-order valence-corrected chi connectivity index (χ0v) is 10.7. The van der Waals surface area contributed by atoms with Gasteiger partial charge in [-0.1, -0.05) is 0 Å². The predicted octanol–water partition coefficient (Wildman–Crippen LogP) is -0.183. The summed E-state index contributed by atoms with van der Waals surface area (Å²) >= 11 is 0. The Morgan fingerprint density at radius 2 is 2.39 bits per heavy atom. The zero-order chi connectivity index (χ0) is 13.0. The fourth-order valence-electron chi connectivity index (χ4n) is 2.16. The highest BCUT2D eigenvalue weighted by atomic mass is 16.5. The molecule has 0 radical (unpaired) electrons. The van der Waals surface area contributed by atoms with Crippen molar-refractivity contribution in [2.75, 3.05) is 31.7 Å². The molecule has 1 aliphatic heterocycles. The third-order valence-electron chi connectivity index (χ3n) is 3.14. The van der Waals surface area contributed by atoms with Crippen molar-refractivity contribution in [2.24, 2.45) is 5.73 Å². The summed E-state index contributed by atoms with van der Waals surface area (Å²) in [5.41, 5.74) is 5.85. The van der Waals surface area contributed by atoms with E-state index in [1.54, 1.807) is 19.2 Å². The number of aromatic nitrogens is 2. The molecular weight excluding hydrogens is 232 g/mol. The molecule has 100 valence electrons. The van der Waals surface area contributed by atoms with Crippen LogP contribution in [0.2, 0.25) is 0 Å². The lowest BCUT2D eigenvalue weighted by molar-refractivity contribution is 0.182. The topological polar surface area (TPSA) is 73.4 Å². The van der Waals surface area contributed by atoms with Gasteiger partial charge in [-0.05, 0) is 18.9 Å². The number of rotatable bonds is 4. The highest BCUT2D eigenvalue weighted by Crippen LogP contribution is 2.15. The summed E-state index contributed by atoms with van der Waals surface area (Å²) in [6.45, 7) is 2.71. The summed E-state index contributed by atoms with van der Waals surface area (Å²) < 4.78 is 6.41. The van der Waals surface area contributed by atoms with Crippen LogP contribution in [0.3, 0.4) is 0 Å². The highest BCUT2D eigenvalue weighted by Gasteiger charge is 2.18. The first-order valence-electron chi connectivity index (χ1n) is 6.28. The van der Waals surface area contributed by atoms with Crippen LogP contribution < -0.4 is 16.2 Å². The maximum absolute atomic E-state index is 11.6. The minimum Gasteiger partial charge on any atom is -0.383 e. The molecule has 1 saturated heterocycles. The second kappa shape index (κ2) is 5.97. The Kier molecular flexibility index (Phi) is 4.33. The van der Waals surface area contributed by atoms with Crippen molar-refractivity contribution >= 4 is 5.82 Å². The van der Waals surface area contributed by atoms with Crippen LogP contribution in [-0.2, 0) is 11.3 Å². The van der Waals surface area contributed by atoms with E-state index in [2.05, 4.69) is 10.00 Å². The lowest BCUT2D eigenvalue weighted by atomic mass is 10.1. The van der Waals surface area contributed by atoms with Crippen molar-refractivity contribution in [3.8, 4) is 0 Å². The van der Waals surface area contributed by atoms with E-state index in [1.165, 1.54) is 4.68 Å². The van der Waals surface area contributed by atoms with Gasteiger partial charge in [0.2, 0.25) is 0 Å². The number of nitrogens with zero attached hydrogens (tertiary/aromatic N) is 3. The molecule has 1 aromatic rings. The average molecular weight is 252 g/mol. The molecule has 2 heterocycles. The van der Waals surface area contributed by atoms with Gasteiger partial charge in [0, 0.05) is 32.3 Å². The zero-order valence-electron chi connectivity index (χ0n) is 10.7. The average Bonchev–Trinajstić information content (AvgIpc) is 2.38.